The average molecular weight is 397 g/mol. The zero-order valence-corrected chi connectivity index (χ0v) is 17.1. The fourth-order valence-corrected chi connectivity index (χ4v) is 3.76. The van der Waals surface area contributed by atoms with E-state index in [1.54, 1.807) is 32.4 Å². The standard InChI is InChI=1S/C23H27NO5/c1-27-18-9-6-16(7-10-18)19-5-4-14-24(19)23(26)13-11-20(25)17-8-12-21(28-2)22(15-17)29-3/h6-10,12,15,19H,4-5,11,13-14H2,1-3H3. The molecule has 1 amide bonds. The van der Waals surface area contributed by atoms with Crippen LogP contribution < -0.4 is 14.2 Å². The Labute approximate surface area is 171 Å². The van der Waals surface area contributed by atoms with Crippen molar-refractivity contribution in [2.24, 2.45) is 0 Å². The Balaban J connectivity index is 1.62. The summed E-state index contributed by atoms with van der Waals surface area (Å²) in [7, 11) is 4.71. The second kappa shape index (κ2) is 9.45. The minimum atomic E-state index is -0.0838. The van der Waals surface area contributed by atoms with Crippen LogP contribution in [-0.4, -0.2) is 44.5 Å². The lowest BCUT2D eigenvalue weighted by atomic mass is 10.0. The van der Waals surface area contributed by atoms with Gasteiger partial charge < -0.3 is 19.1 Å². The molecular weight excluding hydrogens is 370 g/mol. The van der Waals surface area contributed by atoms with E-state index in [0.717, 1.165) is 30.7 Å². The van der Waals surface area contributed by atoms with E-state index in [9.17, 15) is 9.59 Å². The zero-order chi connectivity index (χ0) is 20.8. The number of ketones is 1. The summed E-state index contributed by atoms with van der Waals surface area (Å²) in [6, 6.07) is 13.0. The number of methoxy groups -OCH3 is 3. The van der Waals surface area contributed by atoms with Crippen molar-refractivity contribution in [3.63, 3.8) is 0 Å². The largest absolute Gasteiger partial charge is 0.497 e. The van der Waals surface area contributed by atoms with Gasteiger partial charge in [-0.2, -0.15) is 0 Å². The molecule has 154 valence electrons. The van der Waals surface area contributed by atoms with Crippen LogP contribution in [0.15, 0.2) is 42.5 Å². The lowest BCUT2D eigenvalue weighted by Gasteiger charge is -2.25. The summed E-state index contributed by atoms with van der Waals surface area (Å²) in [4.78, 5) is 27.3. The molecule has 1 unspecified atom stereocenters. The van der Waals surface area contributed by atoms with Gasteiger partial charge in [0.1, 0.15) is 5.75 Å². The molecule has 1 heterocycles. The molecule has 0 aromatic heterocycles. The number of rotatable bonds is 8. The van der Waals surface area contributed by atoms with Crippen LogP contribution in [0.4, 0.5) is 0 Å². The van der Waals surface area contributed by atoms with Gasteiger partial charge in [0.2, 0.25) is 5.91 Å². The molecule has 0 spiro atoms. The van der Waals surface area contributed by atoms with Gasteiger partial charge in [-0.05, 0) is 48.7 Å². The van der Waals surface area contributed by atoms with Gasteiger partial charge in [0, 0.05) is 24.9 Å². The number of benzene rings is 2. The first kappa shape index (κ1) is 20.7. The van der Waals surface area contributed by atoms with E-state index in [2.05, 4.69) is 0 Å². The Morgan fingerprint density at radius 1 is 0.931 bits per heavy atom. The van der Waals surface area contributed by atoms with Crippen molar-refractivity contribution in [1.82, 2.24) is 4.90 Å². The molecule has 1 aliphatic heterocycles. The van der Waals surface area contributed by atoms with Gasteiger partial charge in [-0.25, -0.2) is 0 Å². The maximum absolute atomic E-state index is 12.8. The molecule has 0 saturated carbocycles. The van der Waals surface area contributed by atoms with E-state index in [-0.39, 0.29) is 30.6 Å². The summed E-state index contributed by atoms with van der Waals surface area (Å²) in [5.41, 5.74) is 1.62. The molecule has 0 bridgehead atoms. The van der Waals surface area contributed by atoms with Gasteiger partial charge in [-0.15, -0.1) is 0 Å². The van der Waals surface area contributed by atoms with Crippen molar-refractivity contribution in [2.45, 2.75) is 31.7 Å². The maximum atomic E-state index is 12.8. The molecule has 0 radical (unpaired) electrons. The highest BCUT2D eigenvalue weighted by molar-refractivity contribution is 5.98. The van der Waals surface area contributed by atoms with Gasteiger partial charge in [0.15, 0.2) is 17.3 Å². The Hall–Kier alpha value is -3.02. The molecule has 0 aliphatic carbocycles. The van der Waals surface area contributed by atoms with Crippen molar-refractivity contribution in [3.05, 3.63) is 53.6 Å². The smallest absolute Gasteiger partial charge is 0.223 e. The first-order valence-electron chi connectivity index (χ1n) is 9.76. The third-order valence-corrected chi connectivity index (χ3v) is 5.35. The number of hydrogen-bond donors (Lipinski definition) is 0. The van der Waals surface area contributed by atoms with Crippen LogP contribution in [0.2, 0.25) is 0 Å². The fraction of sp³-hybridized carbons (Fsp3) is 0.391. The molecule has 29 heavy (non-hydrogen) atoms. The Kier molecular flexibility index (Phi) is 6.75. The highest BCUT2D eigenvalue weighted by Crippen LogP contribution is 2.33. The van der Waals surface area contributed by atoms with Crippen LogP contribution in [0, 0.1) is 0 Å². The molecule has 6 nitrogen and oxygen atoms in total. The summed E-state index contributed by atoms with van der Waals surface area (Å²) in [5, 5.41) is 0. The van der Waals surface area contributed by atoms with Crippen molar-refractivity contribution in [3.8, 4) is 17.2 Å². The van der Waals surface area contributed by atoms with Crippen LogP contribution >= 0.6 is 0 Å². The molecule has 3 rings (SSSR count). The summed E-state index contributed by atoms with van der Waals surface area (Å²) < 4.78 is 15.7. The first-order chi connectivity index (χ1) is 14.1. The first-order valence-corrected chi connectivity index (χ1v) is 9.76. The number of Topliss-reactive ketones (excluding diaryl/α,β-unsaturated/α-hetero) is 1. The number of ether oxygens (including phenoxy) is 3. The van der Waals surface area contributed by atoms with Crippen molar-refractivity contribution >= 4 is 11.7 Å². The molecular formula is C23H27NO5. The van der Waals surface area contributed by atoms with Crippen molar-refractivity contribution in [2.75, 3.05) is 27.9 Å². The highest BCUT2D eigenvalue weighted by atomic mass is 16.5. The highest BCUT2D eigenvalue weighted by Gasteiger charge is 2.30. The number of carbonyl (C=O) groups excluding carboxylic acids is 2. The SMILES string of the molecule is COc1ccc(C2CCCN2C(=O)CCC(=O)c2ccc(OC)c(OC)c2)cc1. The van der Waals surface area contributed by atoms with E-state index in [4.69, 9.17) is 14.2 Å². The summed E-state index contributed by atoms with van der Waals surface area (Å²) >= 11 is 0. The minimum absolute atomic E-state index is 0.0112. The predicted molar refractivity (Wildman–Crippen MR) is 110 cm³/mol. The molecule has 1 aliphatic rings. The lowest BCUT2D eigenvalue weighted by molar-refractivity contribution is -0.132. The Morgan fingerprint density at radius 3 is 2.31 bits per heavy atom. The van der Waals surface area contributed by atoms with Crippen LogP contribution in [0.25, 0.3) is 0 Å². The van der Waals surface area contributed by atoms with Gasteiger partial charge in [-0.1, -0.05) is 12.1 Å². The van der Waals surface area contributed by atoms with Gasteiger partial charge >= 0.3 is 0 Å². The summed E-state index contributed by atoms with van der Waals surface area (Å²) in [6.45, 7) is 0.722. The number of nitrogens with zero attached hydrogens (tertiary/aromatic N) is 1. The number of carbonyl (C=O) groups is 2. The van der Waals surface area contributed by atoms with E-state index < -0.39 is 0 Å². The third kappa shape index (κ3) is 4.70. The zero-order valence-electron chi connectivity index (χ0n) is 17.1. The van der Waals surface area contributed by atoms with Crippen LogP contribution in [0.1, 0.15) is 47.6 Å². The van der Waals surface area contributed by atoms with Crippen molar-refractivity contribution < 1.29 is 23.8 Å². The molecule has 1 saturated heterocycles. The second-order valence-corrected chi connectivity index (χ2v) is 7.01. The molecule has 0 N–H and O–H groups in total. The van der Waals surface area contributed by atoms with Gasteiger partial charge in [0.05, 0.1) is 27.4 Å². The van der Waals surface area contributed by atoms with Crippen LogP contribution in [0.3, 0.4) is 0 Å². The monoisotopic (exact) mass is 397 g/mol. The number of likely N-dealkylation sites (tertiary alicyclic amines) is 1. The van der Waals surface area contributed by atoms with Crippen LogP contribution in [-0.2, 0) is 4.79 Å². The molecule has 2 aromatic rings. The molecule has 1 atom stereocenters. The number of amides is 1. The van der Waals surface area contributed by atoms with Gasteiger partial charge in [-0.3, -0.25) is 9.59 Å². The Bertz CT molecular complexity index is 862. The normalized spacial score (nSPS) is 15.8. The fourth-order valence-electron chi connectivity index (χ4n) is 3.76. The van der Waals surface area contributed by atoms with Gasteiger partial charge in [0.25, 0.3) is 0 Å². The third-order valence-electron chi connectivity index (χ3n) is 5.35. The topological polar surface area (TPSA) is 65.1 Å². The Morgan fingerprint density at radius 2 is 1.66 bits per heavy atom. The predicted octanol–water partition coefficient (Wildman–Crippen LogP) is 4.04. The van der Waals surface area contributed by atoms with E-state index in [1.165, 1.54) is 7.11 Å². The van der Waals surface area contributed by atoms with Crippen LogP contribution in [0.5, 0.6) is 17.2 Å². The summed E-state index contributed by atoms with van der Waals surface area (Å²) in [6.07, 6.45) is 2.26. The van der Waals surface area contributed by atoms with E-state index >= 15 is 0 Å². The maximum Gasteiger partial charge on any atom is 0.223 e. The molecule has 2 aromatic carbocycles. The average Bonchev–Trinajstić information content (AvgIpc) is 3.26. The van der Waals surface area contributed by atoms with E-state index in [0.29, 0.717) is 17.1 Å². The van der Waals surface area contributed by atoms with E-state index in [1.807, 2.05) is 29.2 Å². The molecule has 6 heteroatoms. The minimum Gasteiger partial charge on any atom is -0.497 e. The molecule has 1 fully saturated rings. The van der Waals surface area contributed by atoms with Crippen molar-refractivity contribution in [1.29, 1.82) is 0 Å². The lowest BCUT2D eigenvalue weighted by Crippen LogP contribution is -2.30. The second-order valence-electron chi connectivity index (χ2n) is 7.01. The quantitative estimate of drug-likeness (QED) is 0.629. The summed E-state index contributed by atoms with van der Waals surface area (Å²) in [5.74, 6) is 1.80. The number of hydrogen-bond acceptors (Lipinski definition) is 5.